The summed E-state index contributed by atoms with van der Waals surface area (Å²) in [7, 11) is 0. The quantitative estimate of drug-likeness (QED) is 0.400. The van der Waals surface area contributed by atoms with Gasteiger partial charge in [0, 0.05) is 11.8 Å². The predicted molar refractivity (Wildman–Crippen MR) is 42.5 cm³/mol. The molecule has 0 atom stereocenters. The molecule has 0 aliphatic heterocycles. The van der Waals surface area contributed by atoms with Crippen molar-refractivity contribution in [1.29, 1.82) is 0 Å². The Morgan fingerprint density at radius 2 is 1.90 bits per heavy atom. The zero-order valence-corrected chi connectivity index (χ0v) is 7.12. The second-order valence-electron chi connectivity index (χ2n) is 3.28. The van der Waals surface area contributed by atoms with E-state index in [-0.39, 0.29) is 11.2 Å². The van der Waals surface area contributed by atoms with Crippen LogP contribution in [0.4, 0.5) is 0 Å². The van der Waals surface area contributed by atoms with E-state index in [1.165, 1.54) is 0 Å². The second-order valence-corrected chi connectivity index (χ2v) is 3.28. The summed E-state index contributed by atoms with van der Waals surface area (Å²) >= 11 is 0. The van der Waals surface area contributed by atoms with Gasteiger partial charge in [-0.15, -0.1) is 0 Å². The molecule has 0 bridgehead atoms. The Labute approximate surface area is 62.8 Å². The Bertz CT molecular complexity index is 173. The molecule has 1 nitrogen and oxygen atoms in total. The van der Waals surface area contributed by atoms with Crippen molar-refractivity contribution in [1.82, 2.24) is 0 Å². The van der Waals surface area contributed by atoms with E-state index in [4.69, 9.17) is 0 Å². The minimum atomic E-state index is -0.0508. The van der Waals surface area contributed by atoms with Gasteiger partial charge in [-0.25, -0.2) is 0 Å². The van der Waals surface area contributed by atoms with Gasteiger partial charge >= 0.3 is 0 Å². The summed E-state index contributed by atoms with van der Waals surface area (Å²) in [5, 5.41) is 0. The number of carbonyl (C=O) groups excluding carboxylic acids is 1. The lowest BCUT2D eigenvalue weighted by atomic mass is 9.98. The summed E-state index contributed by atoms with van der Waals surface area (Å²) in [6.07, 6.45) is 0.517. The summed E-state index contributed by atoms with van der Waals surface area (Å²) in [4.78, 5) is 10.7. The van der Waals surface area contributed by atoms with Gasteiger partial charge in [0.25, 0.3) is 0 Å². The molecule has 0 amide bonds. The van der Waals surface area contributed by atoms with E-state index in [9.17, 15) is 4.79 Å². The van der Waals surface area contributed by atoms with E-state index in [0.29, 0.717) is 6.42 Å². The lowest BCUT2D eigenvalue weighted by Crippen LogP contribution is -2.01. The monoisotopic (exact) mass is 138 g/mol. The number of ketones is 1. The highest BCUT2D eigenvalue weighted by Crippen LogP contribution is 2.09. The number of hydrogen-bond donors (Lipinski definition) is 0. The summed E-state index contributed by atoms with van der Waals surface area (Å²) in [6, 6.07) is 0. The fourth-order valence-corrected chi connectivity index (χ4v) is 0.346. The number of hydrogen-bond acceptors (Lipinski definition) is 1. The molecule has 0 aromatic heterocycles. The van der Waals surface area contributed by atoms with E-state index < -0.39 is 0 Å². The predicted octanol–water partition coefficient (Wildman–Crippen LogP) is 2.02. The fourth-order valence-electron chi connectivity index (χ4n) is 0.346. The van der Waals surface area contributed by atoms with E-state index in [1.807, 2.05) is 27.7 Å². The summed E-state index contributed by atoms with van der Waals surface area (Å²) < 4.78 is 0. The van der Waals surface area contributed by atoms with Gasteiger partial charge in [0.1, 0.15) is 0 Å². The molecular weight excluding hydrogens is 124 g/mol. The first-order chi connectivity index (χ1) is 4.45. The highest BCUT2D eigenvalue weighted by atomic mass is 16.1. The number of rotatable bonds is 1. The van der Waals surface area contributed by atoms with Crippen LogP contribution in [0.1, 0.15) is 34.1 Å². The molecule has 0 spiro atoms. The number of carbonyl (C=O) groups is 1. The van der Waals surface area contributed by atoms with Crippen LogP contribution in [0, 0.1) is 17.3 Å². The van der Waals surface area contributed by atoms with Gasteiger partial charge in [-0.05, 0) is 26.7 Å². The molecule has 0 saturated heterocycles. The third-order valence-corrected chi connectivity index (χ3v) is 0.898. The fraction of sp³-hybridized carbons (Fsp3) is 0.667. The van der Waals surface area contributed by atoms with Crippen LogP contribution in [0.3, 0.4) is 0 Å². The smallest absolute Gasteiger partial charge is 0.205 e. The second kappa shape index (κ2) is 3.41. The molecule has 0 radical (unpaired) electrons. The Balaban J connectivity index is 4.05. The van der Waals surface area contributed by atoms with Crippen LogP contribution < -0.4 is 0 Å². The lowest BCUT2D eigenvalue weighted by Gasteiger charge is -2.06. The highest BCUT2D eigenvalue weighted by molar-refractivity contribution is 5.95. The Morgan fingerprint density at radius 1 is 1.40 bits per heavy atom. The average molecular weight is 138 g/mol. The van der Waals surface area contributed by atoms with Gasteiger partial charge in [0.05, 0.1) is 0 Å². The molecule has 0 aliphatic rings. The van der Waals surface area contributed by atoms with E-state index in [2.05, 4.69) is 11.8 Å². The summed E-state index contributed by atoms with van der Waals surface area (Å²) in [5.74, 6) is 5.48. The van der Waals surface area contributed by atoms with E-state index in [1.54, 1.807) is 0 Å². The van der Waals surface area contributed by atoms with Gasteiger partial charge in [-0.2, -0.15) is 0 Å². The van der Waals surface area contributed by atoms with Gasteiger partial charge < -0.3 is 0 Å². The van der Waals surface area contributed by atoms with Crippen molar-refractivity contribution in [3.05, 3.63) is 0 Å². The van der Waals surface area contributed by atoms with Crippen LogP contribution in [0.2, 0.25) is 0 Å². The Morgan fingerprint density at radius 3 is 2.20 bits per heavy atom. The molecule has 0 aliphatic carbocycles. The van der Waals surface area contributed by atoms with Crippen molar-refractivity contribution in [2.75, 3.05) is 0 Å². The third kappa shape index (κ3) is 5.37. The molecule has 0 saturated carbocycles. The molecule has 0 rings (SSSR count). The molecule has 10 heavy (non-hydrogen) atoms. The molecule has 0 aromatic carbocycles. The van der Waals surface area contributed by atoms with Crippen LogP contribution in [0.5, 0.6) is 0 Å². The van der Waals surface area contributed by atoms with Gasteiger partial charge in [-0.1, -0.05) is 12.8 Å². The molecule has 0 heterocycles. The minimum Gasteiger partial charge on any atom is -0.285 e. The maximum atomic E-state index is 10.7. The first kappa shape index (κ1) is 9.23. The molecule has 1 heteroatoms. The van der Waals surface area contributed by atoms with Crippen LogP contribution in [0.25, 0.3) is 0 Å². The van der Waals surface area contributed by atoms with Crippen LogP contribution in [0.15, 0.2) is 0 Å². The largest absolute Gasteiger partial charge is 0.285 e. The van der Waals surface area contributed by atoms with Gasteiger partial charge in [0.15, 0.2) is 0 Å². The van der Waals surface area contributed by atoms with Crippen LogP contribution >= 0.6 is 0 Å². The maximum absolute atomic E-state index is 10.7. The SMILES string of the molecule is CCC(=O)C#CC(C)(C)C. The Kier molecular flexibility index (Phi) is 3.15. The van der Waals surface area contributed by atoms with Crippen LogP contribution in [-0.4, -0.2) is 5.78 Å². The molecule has 0 unspecified atom stereocenters. The standard InChI is InChI=1S/C9H14O/c1-5-8(10)6-7-9(2,3)4/h5H2,1-4H3. The van der Waals surface area contributed by atoms with Crippen molar-refractivity contribution in [2.45, 2.75) is 34.1 Å². The third-order valence-electron chi connectivity index (χ3n) is 0.898. The lowest BCUT2D eigenvalue weighted by molar-refractivity contribution is -0.113. The molecule has 0 fully saturated rings. The summed E-state index contributed by atoms with van der Waals surface area (Å²) in [5.41, 5.74) is -0.0508. The molecule has 0 aromatic rings. The highest BCUT2D eigenvalue weighted by Gasteiger charge is 2.03. The van der Waals surface area contributed by atoms with Crippen molar-refractivity contribution in [2.24, 2.45) is 5.41 Å². The van der Waals surface area contributed by atoms with E-state index >= 15 is 0 Å². The first-order valence-corrected chi connectivity index (χ1v) is 3.51. The zero-order valence-electron chi connectivity index (χ0n) is 7.12. The molecule has 56 valence electrons. The van der Waals surface area contributed by atoms with Gasteiger partial charge in [0.2, 0.25) is 5.78 Å². The topological polar surface area (TPSA) is 17.1 Å². The van der Waals surface area contributed by atoms with Crippen molar-refractivity contribution in [3.8, 4) is 11.8 Å². The number of Topliss-reactive ketones (excluding diaryl/α,β-unsaturated/α-hetero) is 1. The van der Waals surface area contributed by atoms with Crippen molar-refractivity contribution < 1.29 is 4.79 Å². The molecule has 0 N–H and O–H groups in total. The molecular formula is C9H14O. The maximum Gasteiger partial charge on any atom is 0.205 e. The van der Waals surface area contributed by atoms with E-state index in [0.717, 1.165) is 0 Å². The zero-order chi connectivity index (χ0) is 8.20. The normalized spacial score (nSPS) is 10.0. The first-order valence-electron chi connectivity index (χ1n) is 3.51. The Hall–Kier alpha value is -0.770. The minimum absolute atomic E-state index is 0.0231. The average Bonchev–Trinajstić information content (AvgIpc) is 1.81. The van der Waals surface area contributed by atoms with Gasteiger partial charge in [-0.3, -0.25) is 4.79 Å². The van der Waals surface area contributed by atoms with Crippen LogP contribution in [-0.2, 0) is 4.79 Å². The van der Waals surface area contributed by atoms with Crippen molar-refractivity contribution in [3.63, 3.8) is 0 Å². The summed E-state index contributed by atoms with van der Waals surface area (Å²) in [6.45, 7) is 7.79. The van der Waals surface area contributed by atoms with Crippen molar-refractivity contribution >= 4 is 5.78 Å².